The fourth-order valence-corrected chi connectivity index (χ4v) is 3.72. The molecule has 15 heavy (non-hydrogen) atoms. The van der Waals surface area contributed by atoms with Crippen LogP contribution in [0.15, 0.2) is 0 Å². The molecule has 2 rings (SSSR count). The lowest BCUT2D eigenvalue weighted by Gasteiger charge is -2.28. The Morgan fingerprint density at radius 2 is 1.87 bits per heavy atom. The first kappa shape index (κ1) is 11.4. The molecular weight excluding hydrogens is 210 g/mol. The van der Waals surface area contributed by atoms with E-state index in [0.29, 0.717) is 12.1 Å². The van der Waals surface area contributed by atoms with Crippen LogP contribution in [0.1, 0.15) is 39.0 Å². The van der Waals surface area contributed by atoms with E-state index in [2.05, 4.69) is 12.2 Å². The summed E-state index contributed by atoms with van der Waals surface area (Å²) in [5.74, 6) is 0.795. The van der Waals surface area contributed by atoms with Crippen LogP contribution in [0, 0.1) is 5.92 Å². The fourth-order valence-electron chi connectivity index (χ4n) is 2.54. The van der Waals surface area contributed by atoms with Crippen molar-refractivity contribution in [2.24, 2.45) is 5.92 Å². The predicted molar refractivity (Wildman–Crippen MR) is 61.6 cm³/mol. The van der Waals surface area contributed by atoms with E-state index >= 15 is 0 Å². The molecule has 0 bridgehead atoms. The maximum absolute atomic E-state index is 11.5. The first-order chi connectivity index (χ1) is 6.97. The molecule has 4 unspecified atom stereocenters. The highest BCUT2D eigenvalue weighted by atomic mass is 32.2. The molecule has 88 valence electrons. The molecule has 0 spiro atoms. The molecule has 0 aromatic rings. The van der Waals surface area contributed by atoms with E-state index in [-0.39, 0.29) is 5.25 Å². The summed E-state index contributed by atoms with van der Waals surface area (Å²) in [6, 6.07) is 1.10. The Morgan fingerprint density at radius 1 is 1.20 bits per heavy atom. The van der Waals surface area contributed by atoms with Crippen molar-refractivity contribution in [3.63, 3.8) is 0 Å². The molecule has 0 aliphatic heterocycles. The van der Waals surface area contributed by atoms with Gasteiger partial charge in [-0.15, -0.1) is 0 Å². The van der Waals surface area contributed by atoms with Gasteiger partial charge in [-0.25, -0.2) is 8.42 Å². The first-order valence-corrected chi connectivity index (χ1v) is 7.87. The zero-order valence-corrected chi connectivity index (χ0v) is 10.4. The molecule has 3 nitrogen and oxygen atoms in total. The van der Waals surface area contributed by atoms with E-state index < -0.39 is 9.84 Å². The van der Waals surface area contributed by atoms with Gasteiger partial charge in [0.15, 0.2) is 0 Å². The molecule has 0 amide bonds. The fraction of sp³-hybridized carbons (Fsp3) is 1.00. The second kappa shape index (κ2) is 4.06. The van der Waals surface area contributed by atoms with Crippen molar-refractivity contribution in [2.75, 3.05) is 6.26 Å². The normalized spacial score (nSPS) is 41.5. The van der Waals surface area contributed by atoms with E-state index in [1.165, 1.54) is 12.7 Å². The summed E-state index contributed by atoms with van der Waals surface area (Å²) >= 11 is 0. The molecule has 0 saturated heterocycles. The van der Waals surface area contributed by atoms with Gasteiger partial charge in [-0.05, 0) is 31.6 Å². The molecular formula is C11H21NO2S. The van der Waals surface area contributed by atoms with Gasteiger partial charge in [0.1, 0.15) is 9.84 Å². The molecule has 2 aliphatic carbocycles. The van der Waals surface area contributed by atoms with E-state index in [4.69, 9.17) is 0 Å². The number of sulfone groups is 1. The molecule has 2 aliphatic rings. The summed E-state index contributed by atoms with van der Waals surface area (Å²) in [5.41, 5.74) is 0. The van der Waals surface area contributed by atoms with Crippen molar-refractivity contribution in [1.29, 1.82) is 0 Å². The van der Waals surface area contributed by atoms with Crippen LogP contribution in [0.5, 0.6) is 0 Å². The molecule has 2 saturated carbocycles. The van der Waals surface area contributed by atoms with Crippen LogP contribution in [-0.2, 0) is 9.84 Å². The second-order valence-corrected chi connectivity index (χ2v) is 7.63. The van der Waals surface area contributed by atoms with Gasteiger partial charge in [-0.3, -0.25) is 0 Å². The molecule has 0 heterocycles. The molecule has 0 aromatic heterocycles. The number of nitrogens with one attached hydrogen (secondary N) is 1. The lowest BCUT2D eigenvalue weighted by molar-refractivity contribution is 0.366. The highest BCUT2D eigenvalue weighted by Crippen LogP contribution is 2.32. The second-order valence-electron chi connectivity index (χ2n) is 5.30. The van der Waals surface area contributed by atoms with Gasteiger partial charge < -0.3 is 5.32 Å². The summed E-state index contributed by atoms with van der Waals surface area (Å²) in [7, 11) is -2.83. The van der Waals surface area contributed by atoms with Crippen LogP contribution >= 0.6 is 0 Å². The molecule has 4 heteroatoms. The van der Waals surface area contributed by atoms with Gasteiger partial charge in [0.2, 0.25) is 0 Å². The number of rotatable bonds is 3. The van der Waals surface area contributed by atoms with Crippen molar-refractivity contribution < 1.29 is 8.42 Å². The van der Waals surface area contributed by atoms with Crippen LogP contribution in [0.4, 0.5) is 0 Å². The quantitative estimate of drug-likeness (QED) is 0.797. The Morgan fingerprint density at radius 3 is 2.40 bits per heavy atom. The number of hydrogen-bond acceptors (Lipinski definition) is 3. The molecule has 0 aromatic carbocycles. The third-order valence-electron chi connectivity index (χ3n) is 3.79. The van der Waals surface area contributed by atoms with E-state index in [0.717, 1.165) is 31.6 Å². The van der Waals surface area contributed by atoms with Crippen molar-refractivity contribution in [3.8, 4) is 0 Å². The third kappa shape index (κ3) is 2.94. The van der Waals surface area contributed by atoms with Gasteiger partial charge in [-0.1, -0.05) is 13.3 Å². The summed E-state index contributed by atoms with van der Waals surface area (Å²) in [6.45, 7) is 2.24. The van der Waals surface area contributed by atoms with Crippen molar-refractivity contribution in [1.82, 2.24) is 5.32 Å². The SMILES string of the molecule is CC1CC1NC1CCCC(S(C)(=O)=O)C1. The van der Waals surface area contributed by atoms with Crippen molar-refractivity contribution in [2.45, 2.75) is 56.4 Å². The molecule has 2 fully saturated rings. The highest BCUT2D eigenvalue weighted by molar-refractivity contribution is 7.91. The largest absolute Gasteiger partial charge is 0.311 e. The predicted octanol–water partition coefficient (Wildman–Crippen LogP) is 1.34. The lowest BCUT2D eigenvalue weighted by atomic mass is 9.95. The smallest absolute Gasteiger partial charge is 0.150 e. The monoisotopic (exact) mass is 231 g/mol. The Labute approximate surface area is 92.6 Å². The van der Waals surface area contributed by atoms with Crippen LogP contribution in [-0.4, -0.2) is 32.0 Å². The number of hydrogen-bond donors (Lipinski definition) is 1. The van der Waals surface area contributed by atoms with Crippen LogP contribution in [0.2, 0.25) is 0 Å². The Kier molecular flexibility index (Phi) is 3.08. The Hall–Kier alpha value is -0.0900. The lowest BCUT2D eigenvalue weighted by Crippen LogP contribution is -2.40. The maximum atomic E-state index is 11.5. The van der Waals surface area contributed by atoms with E-state index in [1.54, 1.807) is 0 Å². The van der Waals surface area contributed by atoms with Crippen LogP contribution in [0.25, 0.3) is 0 Å². The Balaban J connectivity index is 1.87. The first-order valence-electron chi connectivity index (χ1n) is 5.91. The average Bonchev–Trinajstić information content (AvgIpc) is 2.81. The van der Waals surface area contributed by atoms with E-state index in [9.17, 15) is 8.42 Å². The van der Waals surface area contributed by atoms with Crippen molar-refractivity contribution in [3.05, 3.63) is 0 Å². The Bertz CT molecular complexity index is 325. The minimum atomic E-state index is -2.83. The summed E-state index contributed by atoms with van der Waals surface area (Å²) in [6.07, 6.45) is 6.52. The van der Waals surface area contributed by atoms with Crippen LogP contribution < -0.4 is 5.32 Å². The highest BCUT2D eigenvalue weighted by Gasteiger charge is 2.36. The van der Waals surface area contributed by atoms with Gasteiger partial charge in [0.25, 0.3) is 0 Å². The van der Waals surface area contributed by atoms with Crippen molar-refractivity contribution >= 4 is 9.84 Å². The third-order valence-corrected chi connectivity index (χ3v) is 5.43. The average molecular weight is 231 g/mol. The summed E-state index contributed by atoms with van der Waals surface area (Å²) in [5, 5.41) is 3.48. The van der Waals surface area contributed by atoms with Gasteiger partial charge >= 0.3 is 0 Å². The van der Waals surface area contributed by atoms with Gasteiger partial charge in [-0.2, -0.15) is 0 Å². The topological polar surface area (TPSA) is 46.2 Å². The molecule has 0 radical (unpaired) electrons. The van der Waals surface area contributed by atoms with Gasteiger partial charge in [0, 0.05) is 18.3 Å². The summed E-state index contributed by atoms with van der Waals surface area (Å²) in [4.78, 5) is 0. The zero-order chi connectivity index (χ0) is 11.1. The van der Waals surface area contributed by atoms with Crippen LogP contribution in [0.3, 0.4) is 0 Å². The van der Waals surface area contributed by atoms with E-state index in [1.807, 2.05) is 0 Å². The maximum Gasteiger partial charge on any atom is 0.150 e. The minimum absolute atomic E-state index is 0.0993. The molecule has 1 N–H and O–H groups in total. The van der Waals surface area contributed by atoms with Gasteiger partial charge in [0.05, 0.1) is 5.25 Å². The molecule has 4 atom stereocenters. The standard InChI is InChI=1S/C11H21NO2S/c1-8-6-11(8)12-9-4-3-5-10(7-9)15(2,13)14/h8-12H,3-7H2,1-2H3. The zero-order valence-electron chi connectivity index (χ0n) is 9.57. The summed E-state index contributed by atoms with van der Waals surface area (Å²) < 4.78 is 22.9. The minimum Gasteiger partial charge on any atom is -0.311 e.